The van der Waals surface area contributed by atoms with Gasteiger partial charge >= 0.3 is 0 Å². The molecule has 0 atom stereocenters. The Labute approximate surface area is 129 Å². The first-order chi connectivity index (χ1) is 10.0. The van der Waals surface area contributed by atoms with Gasteiger partial charge in [-0.2, -0.15) is 0 Å². The average Bonchev–Trinajstić information content (AvgIpc) is 2.49. The van der Waals surface area contributed by atoms with Crippen LogP contribution in [-0.2, 0) is 0 Å². The number of aromatic nitrogens is 2. The molecule has 1 heterocycles. The second-order valence-electron chi connectivity index (χ2n) is 4.13. The van der Waals surface area contributed by atoms with Gasteiger partial charge in [0.25, 0.3) is 0 Å². The Morgan fingerprint density at radius 2 is 1.81 bits per heavy atom. The van der Waals surface area contributed by atoms with Crippen LogP contribution in [0.25, 0.3) is 11.4 Å². The number of nitrogens with two attached hydrogens (primary N) is 1. The lowest BCUT2D eigenvalue weighted by molar-refractivity contribution is 0.355. The molecule has 2 rings (SSSR count). The van der Waals surface area contributed by atoms with Gasteiger partial charge in [0.2, 0.25) is 0 Å². The third-order valence-corrected chi connectivity index (χ3v) is 3.52. The lowest BCUT2D eigenvalue weighted by atomic mass is 10.2. The third kappa shape index (κ3) is 2.91. The Bertz CT molecular complexity index is 682. The standard InChI is InChI=1S/C13H14BrFN4O2/c1-6-11(15)13(19-16)18-12(17-6)7-4-9(20-2)10(21-3)5-8(7)14/h4-5H,16H2,1-3H3,(H,17,18,19). The van der Waals surface area contributed by atoms with Crippen molar-refractivity contribution in [2.24, 2.45) is 5.84 Å². The summed E-state index contributed by atoms with van der Waals surface area (Å²) < 4.78 is 24.9. The summed E-state index contributed by atoms with van der Waals surface area (Å²) in [5.74, 6) is 6.01. The van der Waals surface area contributed by atoms with Crippen LogP contribution in [-0.4, -0.2) is 24.2 Å². The summed E-state index contributed by atoms with van der Waals surface area (Å²) in [6.07, 6.45) is 0. The largest absolute Gasteiger partial charge is 0.493 e. The summed E-state index contributed by atoms with van der Waals surface area (Å²) in [5, 5.41) is 0. The monoisotopic (exact) mass is 356 g/mol. The predicted octanol–water partition coefficient (Wildman–Crippen LogP) is 2.66. The minimum absolute atomic E-state index is 0.0702. The van der Waals surface area contributed by atoms with Crippen LogP contribution in [0.3, 0.4) is 0 Å². The zero-order valence-electron chi connectivity index (χ0n) is 11.7. The smallest absolute Gasteiger partial charge is 0.187 e. The molecule has 1 aromatic carbocycles. The number of benzene rings is 1. The third-order valence-electron chi connectivity index (χ3n) is 2.87. The van der Waals surface area contributed by atoms with E-state index in [1.54, 1.807) is 19.2 Å². The second-order valence-corrected chi connectivity index (χ2v) is 4.98. The molecule has 0 aliphatic heterocycles. The van der Waals surface area contributed by atoms with E-state index in [4.69, 9.17) is 15.3 Å². The van der Waals surface area contributed by atoms with Crippen molar-refractivity contribution in [2.75, 3.05) is 19.6 Å². The fourth-order valence-corrected chi connectivity index (χ4v) is 2.30. The van der Waals surface area contributed by atoms with E-state index in [1.165, 1.54) is 14.0 Å². The number of halogens is 2. The summed E-state index contributed by atoms with van der Waals surface area (Å²) in [6, 6.07) is 3.43. The van der Waals surface area contributed by atoms with Crippen molar-refractivity contribution in [3.05, 3.63) is 28.1 Å². The van der Waals surface area contributed by atoms with Gasteiger partial charge in [0.05, 0.1) is 19.9 Å². The van der Waals surface area contributed by atoms with E-state index in [0.717, 1.165) is 0 Å². The van der Waals surface area contributed by atoms with Gasteiger partial charge in [-0.15, -0.1) is 0 Å². The normalized spacial score (nSPS) is 10.4. The number of nitrogen functional groups attached to an aromatic ring is 1. The maximum atomic E-state index is 13.7. The van der Waals surface area contributed by atoms with Crippen molar-refractivity contribution >= 4 is 21.7 Å². The summed E-state index contributed by atoms with van der Waals surface area (Å²) in [7, 11) is 3.07. The van der Waals surface area contributed by atoms with Gasteiger partial charge in [0, 0.05) is 10.0 Å². The van der Waals surface area contributed by atoms with E-state index >= 15 is 0 Å². The van der Waals surface area contributed by atoms with Gasteiger partial charge < -0.3 is 14.9 Å². The molecular weight excluding hydrogens is 343 g/mol. The molecule has 0 radical (unpaired) electrons. The van der Waals surface area contributed by atoms with Crippen LogP contribution in [0, 0.1) is 12.7 Å². The van der Waals surface area contributed by atoms with Gasteiger partial charge in [0.15, 0.2) is 29.0 Å². The predicted molar refractivity (Wildman–Crippen MR) is 80.8 cm³/mol. The lowest BCUT2D eigenvalue weighted by Crippen LogP contribution is -2.13. The Kier molecular flexibility index (Phi) is 4.59. The molecule has 0 fully saturated rings. The van der Waals surface area contributed by atoms with E-state index in [9.17, 15) is 4.39 Å². The highest BCUT2D eigenvalue weighted by Crippen LogP contribution is 2.37. The van der Waals surface area contributed by atoms with Crippen LogP contribution in [0.4, 0.5) is 10.2 Å². The maximum absolute atomic E-state index is 13.7. The molecule has 0 unspecified atom stereocenters. The maximum Gasteiger partial charge on any atom is 0.187 e. The average molecular weight is 357 g/mol. The van der Waals surface area contributed by atoms with Gasteiger partial charge in [0.1, 0.15) is 0 Å². The van der Waals surface area contributed by atoms with Crippen LogP contribution < -0.4 is 20.7 Å². The molecule has 6 nitrogen and oxygen atoms in total. The van der Waals surface area contributed by atoms with Gasteiger partial charge in [-0.25, -0.2) is 20.2 Å². The van der Waals surface area contributed by atoms with Crippen LogP contribution in [0.5, 0.6) is 11.5 Å². The highest BCUT2D eigenvalue weighted by molar-refractivity contribution is 9.10. The molecule has 8 heteroatoms. The van der Waals surface area contributed by atoms with E-state index in [2.05, 4.69) is 31.3 Å². The van der Waals surface area contributed by atoms with E-state index in [0.29, 0.717) is 27.4 Å². The van der Waals surface area contributed by atoms with Crippen molar-refractivity contribution in [1.29, 1.82) is 0 Å². The summed E-state index contributed by atoms with van der Waals surface area (Å²) in [4.78, 5) is 8.20. The van der Waals surface area contributed by atoms with Crippen LogP contribution in [0.1, 0.15) is 5.69 Å². The van der Waals surface area contributed by atoms with Gasteiger partial charge in [-0.3, -0.25) is 0 Å². The number of rotatable bonds is 4. The van der Waals surface area contributed by atoms with Crippen molar-refractivity contribution in [3.63, 3.8) is 0 Å². The first kappa shape index (κ1) is 15.5. The molecule has 0 spiro atoms. The molecule has 0 amide bonds. The molecule has 0 saturated carbocycles. The number of aryl methyl sites for hydroxylation is 1. The van der Waals surface area contributed by atoms with E-state index < -0.39 is 5.82 Å². The summed E-state index contributed by atoms with van der Waals surface area (Å²) in [5.41, 5.74) is 3.04. The zero-order chi connectivity index (χ0) is 15.6. The van der Waals surface area contributed by atoms with Gasteiger partial charge in [-0.05, 0) is 35.0 Å². The Morgan fingerprint density at radius 1 is 1.19 bits per heavy atom. The van der Waals surface area contributed by atoms with Gasteiger partial charge in [-0.1, -0.05) is 0 Å². The summed E-state index contributed by atoms with van der Waals surface area (Å²) >= 11 is 3.42. The summed E-state index contributed by atoms with van der Waals surface area (Å²) in [6.45, 7) is 1.54. The Balaban J connectivity index is 2.64. The molecule has 3 N–H and O–H groups in total. The number of nitrogens with one attached hydrogen (secondary N) is 1. The number of ether oxygens (including phenoxy) is 2. The molecule has 112 valence electrons. The van der Waals surface area contributed by atoms with Crippen LogP contribution in [0.2, 0.25) is 0 Å². The zero-order valence-corrected chi connectivity index (χ0v) is 13.3. The quantitative estimate of drug-likeness (QED) is 0.647. The number of methoxy groups -OCH3 is 2. The number of hydrogen-bond acceptors (Lipinski definition) is 6. The van der Waals surface area contributed by atoms with E-state index in [-0.39, 0.29) is 11.5 Å². The van der Waals surface area contributed by atoms with Crippen molar-refractivity contribution in [2.45, 2.75) is 6.92 Å². The van der Waals surface area contributed by atoms with Crippen molar-refractivity contribution in [3.8, 4) is 22.9 Å². The Morgan fingerprint density at radius 3 is 2.38 bits per heavy atom. The number of hydrazine groups is 1. The number of anilines is 1. The minimum atomic E-state index is -0.585. The number of nitrogens with zero attached hydrogens (tertiary/aromatic N) is 2. The van der Waals surface area contributed by atoms with Crippen molar-refractivity contribution < 1.29 is 13.9 Å². The second kappa shape index (κ2) is 6.23. The lowest BCUT2D eigenvalue weighted by Gasteiger charge is -2.12. The fourth-order valence-electron chi connectivity index (χ4n) is 1.80. The first-order valence-corrected chi connectivity index (χ1v) is 6.73. The molecule has 0 aliphatic carbocycles. The highest BCUT2D eigenvalue weighted by atomic mass is 79.9. The number of hydrogen-bond donors (Lipinski definition) is 2. The van der Waals surface area contributed by atoms with Crippen LogP contribution in [0.15, 0.2) is 16.6 Å². The molecule has 0 saturated heterocycles. The molecule has 1 aromatic heterocycles. The molecular formula is C13H14BrFN4O2. The minimum Gasteiger partial charge on any atom is -0.493 e. The molecule has 21 heavy (non-hydrogen) atoms. The molecule has 0 bridgehead atoms. The fraction of sp³-hybridized carbons (Fsp3) is 0.231. The molecule has 2 aromatic rings. The van der Waals surface area contributed by atoms with Crippen molar-refractivity contribution in [1.82, 2.24) is 9.97 Å². The van der Waals surface area contributed by atoms with E-state index in [1.807, 2.05) is 0 Å². The first-order valence-electron chi connectivity index (χ1n) is 5.94. The Hall–Kier alpha value is -1.93. The van der Waals surface area contributed by atoms with Crippen LogP contribution >= 0.6 is 15.9 Å². The topological polar surface area (TPSA) is 82.3 Å². The highest BCUT2D eigenvalue weighted by Gasteiger charge is 2.17. The molecule has 0 aliphatic rings. The SMILES string of the molecule is COc1cc(Br)c(-c2nc(C)c(F)c(NN)n2)cc1OC.